The summed E-state index contributed by atoms with van der Waals surface area (Å²) in [5.41, 5.74) is -0.0260. The van der Waals surface area contributed by atoms with Crippen LogP contribution in [-0.4, -0.2) is 10.6 Å². The van der Waals surface area contributed by atoms with E-state index in [2.05, 4.69) is 5.32 Å². The van der Waals surface area contributed by atoms with E-state index in [0.717, 1.165) is 16.7 Å². The zero-order valence-corrected chi connectivity index (χ0v) is 11.5. The number of benzene rings is 1. The summed E-state index contributed by atoms with van der Waals surface area (Å²) in [6.45, 7) is 0. The number of halogens is 5. The lowest BCUT2D eigenvalue weighted by atomic mass is 10.3. The van der Waals surface area contributed by atoms with Gasteiger partial charge in [0.05, 0.1) is 7.05 Å². The molecule has 1 aromatic carbocycles. The maximum atomic E-state index is 12.5. The molecule has 1 heterocycles. The largest absolute Gasteiger partial charge is 0.417 e. The lowest BCUT2D eigenvalue weighted by Gasteiger charge is -2.40. The molecule has 0 spiro atoms. The Morgan fingerprint density at radius 1 is 1.14 bits per heavy atom. The van der Waals surface area contributed by atoms with Crippen LogP contribution < -0.4 is 9.88 Å². The molecule has 2 aromatic rings. The summed E-state index contributed by atoms with van der Waals surface area (Å²) in [4.78, 5) is 9.71. The molecule has 0 saturated carbocycles. The summed E-state index contributed by atoms with van der Waals surface area (Å²) in [6.07, 6.45) is 4.44. The van der Waals surface area contributed by atoms with Crippen molar-refractivity contribution in [2.45, 2.75) is 4.90 Å². The number of carbonyl (C=O) groups excluding carboxylic acids is 1. The topological polar surface area (TPSA) is 37.9 Å². The Morgan fingerprint density at radius 3 is 2.14 bits per heavy atom. The van der Waals surface area contributed by atoms with E-state index in [-0.39, 0.29) is 17.8 Å². The van der Waals surface area contributed by atoms with Crippen LogP contribution in [0, 0.1) is 0 Å². The second-order valence-corrected chi connectivity index (χ2v) is 6.82. The number of rotatable bonds is 2. The summed E-state index contributed by atoms with van der Waals surface area (Å²) in [5, 5.41) is 2.29. The van der Waals surface area contributed by atoms with E-state index >= 15 is 0 Å². The van der Waals surface area contributed by atoms with Crippen molar-refractivity contribution in [3.63, 3.8) is 0 Å². The molecule has 2 rings (SSSR count). The first-order chi connectivity index (χ1) is 9.35. The van der Waals surface area contributed by atoms with E-state index in [0.29, 0.717) is 0 Å². The zero-order valence-electron chi connectivity index (χ0n) is 10.6. The minimum Gasteiger partial charge on any atom is -0.287 e. The minimum atomic E-state index is -9.68. The number of imidazole rings is 1. The van der Waals surface area contributed by atoms with Gasteiger partial charge in [0.1, 0.15) is 17.3 Å². The van der Waals surface area contributed by atoms with Gasteiger partial charge in [-0.05, 0) is 24.3 Å². The molecule has 0 radical (unpaired) electrons. The molecule has 0 aliphatic rings. The molecule has 116 valence electrons. The second-order valence-electron chi connectivity index (χ2n) is 4.41. The molecule has 0 atom stereocenters. The van der Waals surface area contributed by atoms with Crippen molar-refractivity contribution in [3.05, 3.63) is 43.0 Å². The maximum absolute atomic E-state index is 12.5. The lowest BCUT2D eigenvalue weighted by molar-refractivity contribution is -0.670. The predicted molar refractivity (Wildman–Crippen MR) is 67.9 cm³/mol. The number of hydrogen-bond donors (Lipinski definition) is 1. The van der Waals surface area contributed by atoms with Gasteiger partial charge in [0.15, 0.2) is 0 Å². The van der Waals surface area contributed by atoms with Crippen molar-refractivity contribution in [3.8, 4) is 0 Å². The SMILES string of the molecule is C[n+]1ccn(C(=O)Nc2ccc(S(F)(F)(F)(F)F)cc2)c1. The Balaban J connectivity index is 2.20. The highest BCUT2D eigenvalue weighted by molar-refractivity contribution is 8.45. The highest BCUT2D eigenvalue weighted by atomic mass is 32.5. The van der Waals surface area contributed by atoms with E-state index in [1.807, 2.05) is 0 Å². The normalized spacial score (nSPS) is 15.1. The number of carbonyl (C=O) groups is 1. The van der Waals surface area contributed by atoms with Crippen LogP contribution >= 0.6 is 10.2 Å². The molecular formula is C11H11F5N3OS+. The first-order valence-corrected chi connectivity index (χ1v) is 7.49. The summed E-state index contributed by atoms with van der Waals surface area (Å²) >= 11 is 0. The van der Waals surface area contributed by atoms with Crippen molar-refractivity contribution < 1.29 is 28.8 Å². The van der Waals surface area contributed by atoms with Crippen LogP contribution in [0.1, 0.15) is 0 Å². The van der Waals surface area contributed by atoms with E-state index in [1.54, 1.807) is 17.8 Å². The van der Waals surface area contributed by atoms with Crippen molar-refractivity contribution >= 4 is 21.9 Å². The quantitative estimate of drug-likeness (QED) is 0.655. The molecule has 4 nitrogen and oxygen atoms in total. The molecule has 1 N–H and O–H groups in total. The third-order valence-corrected chi connectivity index (χ3v) is 3.72. The third kappa shape index (κ3) is 3.72. The summed E-state index contributed by atoms with van der Waals surface area (Å²) in [6, 6.07) is 1.40. The fourth-order valence-electron chi connectivity index (χ4n) is 1.55. The Kier molecular flexibility index (Phi) is 2.89. The van der Waals surface area contributed by atoms with Gasteiger partial charge in [0.2, 0.25) is 0 Å². The van der Waals surface area contributed by atoms with Crippen molar-refractivity contribution in [1.29, 1.82) is 0 Å². The summed E-state index contributed by atoms with van der Waals surface area (Å²) in [5.74, 6) is 0. The molecule has 0 aliphatic carbocycles. The molecular weight excluding hydrogens is 317 g/mol. The average molecular weight is 328 g/mol. The zero-order chi connectivity index (χ0) is 16.0. The molecule has 1 aromatic heterocycles. The first kappa shape index (κ1) is 15.3. The van der Waals surface area contributed by atoms with Crippen LogP contribution in [0.4, 0.5) is 29.9 Å². The minimum absolute atomic E-state index is 0.0260. The Morgan fingerprint density at radius 2 is 1.71 bits per heavy atom. The van der Waals surface area contributed by atoms with Gasteiger partial charge in [-0.2, -0.15) is 4.57 Å². The van der Waals surface area contributed by atoms with Gasteiger partial charge in [0, 0.05) is 5.69 Å². The molecule has 0 unspecified atom stereocenters. The van der Waals surface area contributed by atoms with Crippen molar-refractivity contribution in [2.24, 2.45) is 7.05 Å². The number of aromatic nitrogens is 2. The Hall–Kier alpha value is -2.10. The van der Waals surface area contributed by atoms with Crippen LogP contribution in [0.15, 0.2) is 47.9 Å². The number of nitrogens with one attached hydrogen (secondary N) is 1. The number of hydrogen-bond acceptors (Lipinski definition) is 1. The standard InChI is InChI=1S/C11H10F5N3OS/c1-18-6-7-19(8-18)11(20)17-9-2-4-10(5-3-9)21(12,13,14,15)16/h2-8H,1H3/p+1. The lowest BCUT2D eigenvalue weighted by Crippen LogP contribution is -2.26. The van der Waals surface area contributed by atoms with Crippen LogP contribution in [0.5, 0.6) is 0 Å². The van der Waals surface area contributed by atoms with Crippen molar-refractivity contribution in [2.75, 3.05) is 5.32 Å². The fraction of sp³-hybridized carbons (Fsp3) is 0.0909. The van der Waals surface area contributed by atoms with Gasteiger partial charge >= 0.3 is 16.3 Å². The number of aryl methyl sites for hydroxylation is 1. The van der Waals surface area contributed by atoms with Gasteiger partial charge in [-0.15, -0.1) is 0 Å². The monoisotopic (exact) mass is 328 g/mol. The molecule has 10 heteroatoms. The third-order valence-electron chi connectivity index (χ3n) is 2.55. The smallest absolute Gasteiger partial charge is 0.287 e. The molecule has 21 heavy (non-hydrogen) atoms. The molecule has 0 fully saturated rings. The van der Waals surface area contributed by atoms with Gasteiger partial charge in [0.25, 0.3) is 6.33 Å². The molecule has 0 bridgehead atoms. The van der Waals surface area contributed by atoms with E-state index in [9.17, 15) is 24.2 Å². The molecule has 1 amide bonds. The highest BCUT2D eigenvalue weighted by Gasteiger charge is 2.65. The van der Waals surface area contributed by atoms with Gasteiger partial charge in [-0.1, -0.05) is 19.4 Å². The number of amides is 1. The van der Waals surface area contributed by atoms with E-state index in [1.165, 1.54) is 12.5 Å². The summed E-state index contributed by atoms with van der Waals surface area (Å²) < 4.78 is 65.3. The van der Waals surface area contributed by atoms with E-state index < -0.39 is 21.2 Å². The van der Waals surface area contributed by atoms with E-state index in [4.69, 9.17) is 0 Å². The predicted octanol–water partition coefficient (Wildman–Crippen LogP) is 4.05. The Labute approximate surface area is 116 Å². The molecule has 0 aliphatic heterocycles. The highest BCUT2D eigenvalue weighted by Crippen LogP contribution is 3.02. The first-order valence-electron chi connectivity index (χ1n) is 5.54. The Bertz CT molecular complexity index is 693. The fourth-order valence-corrected chi connectivity index (χ4v) is 2.20. The van der Waals surface area contributed by atoms with Crippen molar-refractivity contribution in [1.82, 2.24) is 4.57 Å². The van der Waals surface area contributed by atoms with Crippen LogP contribution in [0.3, 0.4) is 0 Å². The number of anilines is 1. The summed E-state index contributed by atoms with van der Waals surface area (Å²) in [7, 11) is -8.01. The number of nitrogens with zero attached hydrogens (tertiary/aromatic N) is 2. The second kappa shape index (κ2) is 3.97. The average Bonchev–Trinajstić information content (AvgIpc) is 2.73. The molecule has 0 saturated heterocycles. The van der Waals surface area contributed by atoms with Crippen LogP contribution in [0.2, 0.25) is 0 Å². The van der Waals surface area contributed by atoms with Gasteiger partial charge in [-0.3, -0.25) is 5.32 Å². The van der Waals surface area contributed by atoms with Crippen LogP contribution in [0.25, 0.3) is 0 Å². The van der Waals surface area contributed by atoms with Gasteiger partial charge in [-0.25, -0.2) is 9.36 Å². The van der Waals surface area contributed by atoms with Gasteiger partial charge < -0.3 is 0 Å². The maximum Gasteiger partial charge on any atom is 0.417 e. The van der Waals surface area contributed by atoms with Crippen LogP contribution in [-0.2, 0) is 7.05 Å².